The molecule has 1 saturated heterocycles. The van der Waals surface area contributed by atoms with Gasteiger partial charge >= 0.3 is 0 Å². The number of nitrogens with one attached hydrogen (secondary N) is 1. The van der Waals surface area contributed by atoms with Gasteiger partial charge in [-0.05, 0) is 18.1 Å². The van der Waals surface area contributed by atoms with E-state index in [1.165, 1.54) is 24.9 Å². The molecule has 6 nitrogen and oxygen atoms in total. The van der Waals surface area contributed by atoms with Crippen LogP contribution in [0.1, 0.15) is 23.7 Å². The number of thioether (sulfide) groups is 1. The van der Waals surface area contributed by atoms with Crippen LogP contribution in [0.4, 0.5) is 0 Å². The maximum atomic E-state index is 11.9. The van der Waals surface area contributed by atoms with Crippen LogP contribution in [0.2, 0.25) is 0 Å². The average Bonchev–Trinajstić information content (AvgIpc) is 2.86. The molecule has 0 saturated carbocycles. The highest BCUT2D eigenvalue weighted by molar-refractivity contribution is 8.13. The van der Waals surface area contributed by atoms with E-state index in [9.17, 15) is 14.4 Å². The van der Waals surface area contributed by atoms with Crippen LogP contribution < -0.4 is 5.32 Å². The third kappa shape index (κ3) is 4.84. The predicted molar refractivity (Wildman–Crippen MR) is 84.4 cm³/mol. The Kier molecular flexibility index (Phi) is 5.94. The molecular weight excluding hydrogens is 302 g/mol. The van der Waals surface area contributed by atoms with Gasteiger partial charge in [0.15, 0.2) is 5.12 Å². The SMILES string of the molecule is CC(=O)SCC1CC(=O)N(CCNC(=O)c2cccnc2)C1. The van der Waals surface area contributed by atoms with Gasteiger partial charge in [-0.3, -0.25) is 19.4 Å². The summed E-state index contributed by atoms with van der Waals surface area (Å²) >= 11 is 1.26. The summed E-state index contributed by atoms with van der Waals surface area (Å²) < 4.78 is 0. The van der Waals surface area contributed by atoms with Crippen LogP contribution in [0.25, 0.3) is 0 Å². The molecule has 1 aliphatic heterocycles. The van der Waals surface area contributed by atoms with Crippen LogP contribution in [-0.4, -0.2) is 52.2 Å². The van der Waals surface area contributed by atoms with E-state index in [4.69, 9.17) is 0 Å². The monoisotopic (exact) mass is 321 g/mol. The minimum absolute atomic E-state index is 0.0784. The number of aromatic nitrogens is 1. The van der Waals surface area contributed by atoms with E-state index in [-0.39, 0.29) is 22.8 Å². The fraction of sp³-hybridized carbons (Fsp3) is 0.467. The Bertz CT molecular complexity index is 550. The fourth-order valence-electron chi connectivity index (χ4n) is 2.32. The number of hydrogen-bond acceptors (Lipinski definition) is 5. The highest BCUT2D eigenvalue weighted by Gasteiger charge is 2.29. The van der Waals surface area contributed by atoms with Crippen molar-refractivity contribution in [1.29, 1.82) is 0 Å². The lowest BCUT2D eigenvalue weighted by molar-refractivity contribution is -0.127. The molecule has 118 valence electrons. The van der Waals surface area contributed by atoms with Gasteiger partial charge in [0.25, 0.3) is 5.91 Å². The van der Waals surface area contributed by atoms with Crippen LogP contribution in [0.5, 0.6) is 0 Å². The van der Waals surface area contributed by atoms with Gasteiger partial charge in [0, 0.05) is 51.1 Å². The van der Waals surface area contributed by atoms with Crippen molar-refractivity contribution in [3.63, 3.8) is 0 Å². The van der Waals surface area contributed by atoms with Crippen molar-refractivity contribution in [3.8, 4) is 0 Å². The molecule has 0 radical (unpaired) electrons. The van der Waals surface area contributed by atoms with Gasteiger partial charge < -0.3 is 10.2 Å². The lowest BCUT2D eigenvalue weighted by Gasteiger charge is -2.16. The number of amides is 2. The molecule has 2 rings (SSSR count). The van der Waals surface area contributed by atoms with Gasteiger partial charge in [0.05, 0.1) is 5.56 Å². The highest BCUT2D eigenvalue weighted by Crippen LogP contribution is 2.21. The van der Waals surface area contributed by atoms with Crippen molar-refractivity contribution < 1.29 is 14.4 Å². The zero-order chi connectivity index (χ0) is 15.9. The third-order valence-corrected chi connectivity index (χ3v) is 4.45. The molecule has 1 aromatic heterocycles. The third-order valence-electron chi connectivity index (χ3n) is 3.41. The summed E-state index contributed by atoms with van der Waals surface area (Å²) in [6.07, 6.45) is 3.60. The summed E-state index contributed by atoms with van der Waals surface area (Å²) in [6, 6.07) is 3.40. The Morgan fingerprint density at radius 3 is 3.00 bits per heavy atom. The first-order valence-corrected chi connectivity index (χ1v) is 8.14. The minimum atomic E-state index is -0.191. The normalized spacial score (nSPS) is 17.6. The average molecular weight is 321 g/mol. The molecule has 0 aromatic carbocycles. The number of carbonyl (C=O) groups excluding carboxylic acids is 3. The number of carbonyl (C=O) groups is 3. The molecule has 0 aliphatic carbocycles. The second-order valence-corrected chi connectivity index (χ2v) is 6.41. The van der Waals surface area contributed by atoms with Crippen LogP contribution in [-0.2, 0) is 9.59 Å². The molecule has 0 bridgehead atoms. The van der Waals surface area contributed by atoms with Gasteiger partial charge in [-0.2, -0.15) is 0 Å². The largest absolute Gasteiger partial charge is 0.350 e. The van der Waals surface area contributed by atoms with E-state index in [0.29, 0.717) is 37.4 Å². The zero-order valence-electron chi connectivity index (χ0n) is 12.4. The maximum Gasteiger partial charge on any atom is 0.252 e. The van der Waals surface area contributed by atoms with E-state index >= 15 is 0 Å². The minimum Gasteiger partial charge on any atom is -0.350 e. The van der Waals surface area contributed by atoms with Gasteiger partial charge in [-0.1, -0.05) is 11.8 Å². The van der Waals surface area contributed by atoms with Crippen molar-refractivity contribution in [2.45, 2.75) is 13.3 Å². The number of hydrogen-bond donors (Lipinski definition) is 1. The Morgan fingerprint density at radius 1 is 1.50 bits per heavy atom. The smallest absolute Gasteiger partial charge is 0.252 e. The zero-order valence-corrected chi connectivity index (χ0v) is 13.3. The van der Waals surface area contributed by atoms with Crippen LogP contribution in [0.15, 0.2) is 24.5 Å². The molecule has 1 N–H and O–H groups in total. The Hall–Kier alpha value is -1.89. The quantitative estimate of drug-likeness (QED) is 0.843. The highest BCUT2D eigenvalue weighted by atomic mass is 32.2. The summed E-state index contributed by atoms with van der Waals surface area (Å²) in [7, 11) is 0. The Balaban J connectivity index is 1.72. The Morgan fingerprint density at radius 2 is 2.32 bits per heavy atom. The first kappa shape index (κ1) is 16.5. The topological polar surface area (TPSA) is 79.4 Å². The predicted octanol–water partition coefficient (Wildman–Crippen LogP) is 0.940. The maximum absolute atomic E-state index is 11.9. The van der Waals surface area contributed by atoms with Crippen molar-refractivity contribution in [2.75, 3.05) is 25.4 Å². The van der Waals surface area contributed by atoms with Gasteiger partial charge in [-0.25, -0.2) is 0 Å². The molecule has 2 heterocycles. The summed E-state index contributed by atoms with van der Waals surface area (Å²) in [5.74, 6) is 0.795. The van der Waals surface area contributed by atoms with Crippen molar-refractivity contribution in [2.24, 2.45) is 5.92 Å². The molecular formula is C15H19N3O3S. The second kappa shape index (κ2) is 7.93. The van der Waals surface area contributed by atoms with E-state index in [1.807, 2.05) is 0 Å². The van der Waals surface area contributed by atoms with E-state index in [2.05, 4.69) is 10.3 Å². The van der Waals surface area contributed by atoms with E-state index < -0.39 is 0 Å². The summed E-state index contributed by atoms with van der Waals surface area (Å²) in [5.41, 5.74) is 0.506. The van der Waals surface area contributed by atoms with Crippen molar-refractivity contribution in [3.05, 3.63) is 30.1 Å². The number of pyridine rings is 1. The van der Waals surface area contributed by atoms with Gasteiger partial charge in [-0.15, -0.1) is 0 Å². The molecule has 1 unspecified atom stereocenters. The first-order chi connectivity index (χ1) is 10.6. The molecule has 1 aliphatic rings. The molecule has 1 fully saturated rings. The molecule has 1 aromatic rings. The Labute approximate surface area is 133 Å². The number of likely N-dealkylation sites (tertiary alicyclic amines) is 1. The number of rotatable bonds is 6. The van der Waals surface area contributed by atoms with Gasteiger partial charge in [0.2, 0.25) is 5.91 Å². The van der Waals surface area contributed by atoms with Gasteiger partial charge in [0.1, 0.15) is 0 Å². The molecule has 0 spiro atoms. The lowest BCUT2D eigenvalue weighted by Crippen LogP contribution is -2.35. The first-order valence-electron chi connectivity index (χ1n) is 7.15. The summed E-state index contributed by atoms with van der Waals surface area (Å²) in [6.45, 7) is 3.09. The molecule has 1 atom stereocenters. The van der Waals surface area contributed by atoms with Crippen LogP contribution in [0, 0.1) is 5.92 Å². The number of nitrogens with zero attached hydrogens (tertiary/aromatic N) is 2. The standard InChI is InChI=1S/C15H19N3O3S/c1-11(19)22-10-12-7-14(20)18(9-12)6-5-17-15(21)13-3-2-4-16-8-13/h2-4,8,12H,5-7,9-10H2,1H3,(H,17,21). The van der Waals surface area contributed by atoms with Crippen molar-refractivity contribution >= 4 is 28.7 Å². The second-order valence-electron chi connectivity index (χ2n) is 5.21. The fourth-order valence-corrected chi connectivity index (χ4v) is 3.01. The van der Waals surface area contributed by atoms with E-state index in [0.717, 1.165) is 0 Å². The molecule has 2 amide bonds. The lowest BCUT2D eigenvalue weighted by atomic mass is 10.1. The van der Waals surface area contributed by atoms with E-state index in [1.54, 1.807) is 23.2 Å². The van der Waals surface area contributed by atoms with Crippen LogP contribution in [0.3, 0.4) is 0 Å². The molecule has 22 heavy (non-hydrogen) atoms. The summed E-state index contributed by atoms with van der Waals surface area (Å²) in [4.78, 5) is 40.3. The molecule has 7 heteroatoms. The van der Waals surface area contributed by atoms with Crippen LogP contribution >= 0.6 is 11.8 Å². The van der Waals surface area contributed by atoms with Crippen molar-refractivity contribution in [1.82, 2.24) is 15.2 Å². The summed E-state index contributed by atoms with van der Waals surface area (Å²) in [5, 5.41) is 2.86.